The molecule has 4 aromatic rings. The molecule has 7 nitrogen and oxygen atoms in total. The van der Waals surface area contributed by atoms with E-state index in [1.807, 2.05) is 18.5 Å². The van der Waals surface area contributed by atoms with Gasteiger partial charge in [-0.1, -0.05) is 0 Å². The fraction of sp³-hybridized carbons (Fsp3) is 0.417. The van der Waals surface area contributed by atoms with Crippen LogP contribution in [0.15, 0.2) is 18.5 Å². The molecular formula is C24H32N6OS2. The number of fused-ring (bicyclic) bond motifs is 3. The van der Waals surface area contributed by atoms with Crippen LogP contribution in [-0.2, 0) is 43.7 Å². The average Bonchev–Trinajstić information content (AvgIpc) is 3.58. The van der Waals surface area contributed by atoms with Crippen LogP contribution < -0.4 is 10.6 Å². The minimum Gasteiger partial charge on any atom is -0.312 e. The molecule has 4 aromatic heterocycles. The summed E-state index contributed by atoms with van der Waals surface area (Å²) in [6, 6.07) is 2.02. The Morgan fingerprint density at radius 3 is 3.03 bits per heavy atom. The van der Waals surface area contributed by atoms with Gasteiger partial charge in [-0.05, 0) is 43.9 Å². The Hall–Kier alpha value is -2.46. The molecular weight excluding hydrogens is 452 g/mol. The van der Waals surface area contributed by atoms with Crippen LogP contribution in [0.3, 0.4) is 0 Å². The van der Waals surface area contributed by atoms with Crippen molar-refractivity contribution in [2.24, 2.45) is 0 Å². The minimum absolute atomic E-state index is 0. The highest BCUT2D eigenvalue weighted by Crippen LogP contribution is 2.41. The zero-order valence-corrected chi connectivity index (χ0v) is 20.0. The molecule has 9 heteroatoms. The highest BCUT2D eigenvalue weighted by Gasteiger charge is 2.25. The van der Waals surface area contributed by atoms with Crippen LogP contribution in [0.2, 0.25) is 0 Å². The molecule has 3 N–H and O–H groups in total. The Labute approximate surface area is 204 Å². The summed E-state index contributed by atoms with van der Waals surface area (Å²) in [7, 11) is 0. The van der Waals surface area contributed by atoms with Crippen molar-refractivity contribution in [1.82, 2.24) is 30.8 Å². The summed E-state index contributed by atoms with van der Waals surface area (Å²) in [4.78, 5) is 24.6. The zero-order chi connectivity index (χ0) is 22.2. The third kappa shape index (κ3) is 4.14. The van der Waals surface area contributed by atoms with Crippen molar-refractivity contribution in [2.75, 3.05) is 6.54 Å². The summed E-state index contributed by atoms with van der Waals surface area (Å²) in [5.41, 5.74) is 7.24. The minimum atomic E-state index is 0. The lowest BCUT2D eigenvalue weighted by Crippen LogP contribution is -2.22. The largest absolute Gasteiger partial charge is 0.312 e. The Balaban J connectivity index is 0.00000120. The summed E-state index contributed by atoms with van der Waals surface area (Å²) >= 11 is 3.50. The molecule has 0 aromatic carbocycles. The number of thiazole rings is 1. The van der Waals surface area contributed by atoms with E-state index < -0.39 is 0 Å². The first-order chi connectivity index (χ1) is 16.3. The Morgan fingerprint density at radius 1 is 1.12 bits per heavy atom. The van der Waals surface area contributed by atoms with Crippen molar-refractivity contribution >= 4 is 38.7 Å². The molecule has 0 fully saturated rings. The fourth-order valence-electron chi connectivity index (χ4n) is 4.85. The molecule has 0 bridgehead atoms. The topological polar surface area (TPSA) is 95.6 Å². The van der Waals surface area contributed by atoms with Crippen LogP contribution in [0.1, 0.15) is 55.8 Å². The molecule has 2 aliphatic heterocycles. The van der Waals surface area contributed by atoms with Gasteiger partial charge in [-0.2, -0.15) is 5.10 Å². The van der Waals surface area contributed by atoms with Gasteiger partial charge in [0.1, 0.15) is 16.3 Å². The number of hydrogen-bond donors (Lipinski definition) is 3. The van der Waals surface area contributed by atoms with Crippen LogP contribution in [0.25, 0.3) is 20.8 Å². The number of carbonyl (C=O) groups is 1. The number of H-pyrrole nitrogens is 1. The molecule has 0 saturated heterocycles. The maximum atomic E-state index is 13.0. The molecule has 33 heavy (non-hydrogen) atoms. The molecule has 176 valence electrons. The molecule has 6 heterocycles. The first-order valence-corrected chi connectivity index (χ1v) is 13.2. The van der Waals surface area contributed by atoms with E-state index >= 15 is 0 Å². The number of carbonyl (C=O) groups excluding carboxylic acids is 1. The Morgan fingerprint density at radius 2 is 2.09 bits per heavy atom. The number of pyridine rings is 1. The van der Waals surface area contributed by atoms with Gasteiger partial charge in [0, 0.05) is 63.8 Å². The van der Waals surface area contributed by atoms with E-state index in [0.717, 1.165) is 72.8 Å². The Bertz CT molecular complexity index is 1300. The molecule has 0 spiro atoms. The van der Waals surface area contributed by atoms with Crippen molar-refractivity contribution in [3.8, 4) is 10.6 Å². The maximum Gasteiger partial charge on any atom is 0.138 e. The van der Waals surface area contributed by atoms with Crippen LogP contribution in [0, 0.1) is 0 Å². The number of rotatable bonds is 8. The summed E-state index contributed by atoms with van der Waals surface area (Å²) in [5.74, 6) is 0.319. The first-order valence-electron chi connectivity index (χ1n) is 11.6. The number of aromatic amines is 1. The van der Waals surface area contributed by atoms with Gasteiger partial charge >= 0.3 is 0 Å². The molecule has 6 rings (SSSR count). The van der Waals surface area contributed by atoms with Crippen LogP contribution in [0.4, 0.5) is 0 Å². The number of unbranched alkanes of at least 4 members (excludes halogenated alkanes) is 1. The summed E-state index contributed by atoms with van der Waals surface area (Å²) in [6.07, 6.45) is 8.59. The molecule has 2 aliphatic rings. The normalized spacial score (nSPS) is 15.2. The van der Waals surface area contributed by atoms with Gasteiger partial charge in [-0.3, -0.25) is 14.9 Å². The molecule has 0 aliphatic carbocycles. The zero-order valence-electron chi connectivity index (χ0n) is 18.4. The van der Waals surface area contributed by atoms with Crippen LogP contribution in [0.5, 0.6) is 0 Å². The molecule has 0 saturated carbocycles. The third-order valence-corrected chi connectivity index (χ3v) is 8.81. The lowest BCUT2D eigenvalue weighted by atomic mass is 10.00. The SMILES string of the molecule is O=C(CCCCc1n[nH]c2c1CNC2)Cc1sc2c(c1-c1nc3cnccc3s1)CCNC2.[HH].[HH].[HH]. The van der Waals surface area contributed by atoms with E-state index in [9.17, 15) is 4.79 Å². The molecule has 0 atom stereocenters. The predicted molar refractivity (Wildman–Crippen MR) is 138 cm³/mol. The van der Waals surface area contributed by atoms with E-state index in [1.54, 1.807) is 22.7 Å². The lowest BCUT2D eigenvalue weighted by Gasteiger charge is -2.13. The number of aryl methyl sites for hydroxylation is 1. The van der Waals surface area contributed by atoms with Gasteiger partial charge in [-0.15, -0.1) is 22.7 Å². The smallest absolute Gasteiger partial charge is 0.138 e. The molecule has 0 unspecified atom stereocenters. The second-order valence-corrected chi connectivity index (χ2v) is 11.0. The number of nitrogens with one attached hydrogen (secondary N) is 3. The second-order valence-electron chi connectivity index (χ2n) is 8.74. The monoisotopic (exact) mass is 484 g/mol. The Kier molecular flexibility index (Phi) is 5.79. The van der Waals surface area contributed by atoms with Crippen molar-refractivity contribution in [3.63, 3.8) is 0 Å². The van der Waals surface area contributed by atoms with Gasteiger partial charge in [0.15, 0.2) is 0 Å². The quantitative estimate of drug-likeness (QED) is 0.315. The van der Waals surface area contributed by atoms with E-state index in [4.69, 9.17) is 4.98 Å². The highest BCUT2D eigenvalue weighted by molar-refractivity contribution is 7.22. The van der Waals surface area contributed by atoms with Crippen LogP contribution in [-0.4, -0.2) is 32.5 Å². The van der Waals surface area contributed by atoms with E-state index in [-0.39, 0.29) is 4.28 Å². The summed E-state index contributed by atoms with van der Waals surface area (Å²) in [6.45, 7) is 3.65. The van der Waals surface area contributed by atoms with Crippen LogP contribution >= 0.6 is 22.7 Å². The van der Waals surface area contributed by atoms with Crippen molar-refractivity contribution < 1.29 is 9.07 Å². The first kappa shape index (κ1) is 21.1. The van der Waals surface area contributed by atoms with E-state index in [2.05, 4.69) is 25.8 Å². The number of hydrogen-bond acceptors (Lipinski definition) is 8. The van der Waals surface area contributed by atoms with Gasteiger partial charge in [-0.25, -0.2) is 4.98 Å². The van der Waals surface area contributed by atoms with Crippen molar-refractivity contribution in [1.29, 1.82) is 0 Å². The predicted octanol–water partition coefficient (Wildman–Crippen LogP) is 4.65. The van der Waals surface area contributed by atoms with Gasteiger partial charge < -0.3 is 10.6 Å². The standard InChI is InChI=1S/C24H26N6OS2.3H2/c31-14(3-1-2-4-17-16-10-27-11-18(16)30-29-17)9-21-23(15-5-7-26-13-22(15)32-21)24-28-19-12-25-8-6-20(19)33-24;;;/h6,8,12,26-27H,1-5,7,9-11,13H2,(H,29,30);3*1H. The number of ketones is 1. The number of thiophene rings is 1. The average molecular weight is 485 g/mol. The van der Waals surface area contributed by atoms with Gasteiger partial charge in [0.25, 0.3) is 0 Å². The van der Waals surface area contributed by atoms with Crippen molar-refractivity contribution in [3.05, 3.63) is 50.7 Å². The number of nitrogens with zero attached hydrogens (tertiary/aromatic N) is 3. The highest BCUT2D eigenvalue weighted by atomic mass is 32.1. The number of Topliss-reactive ketones (excluding diaryl/α,β-unsaturated/α-hetero) is 1. The summed E-state index contributed by atoms with van der Waals surface area (Å²) < 4.78 is 1.14. The summed E-state index contributed by atoms with van der Waals surface area (Å²) in [5, 5.41) is 15.4. The number of aromatic nitrogens is 4. The maximum absolute atomic E-state index is 13.0. The van der Waals surface area contributed by atoms with E-state index in [0.29, 0.717) is 18.6 Å². The molecule has 0 radical (unpaired) electrons. The third-order valence-electron chi connectivity index (χ3n) is 6.52. The van der Waals surface area contributed by atoms with Gasteiger partial charge in [0.2, 0.25) is 0 Å². The lowest BCUT2D eigenvalue weighted by molar-refractivity contribution is -0.118. The second kappa shape index (κ2) is 9.06. The van der Waals surface area contributed by atoms with Crippen molar-refractivity contribution in [2.45, 2.75) is 58.2 Å². The van der Waals surface area contributed by atoms with E-state index in [1.165, 1.54) is 32.1 Å². The van der Waals surface area contributed by atoms with Gasteiger partial charge in [0.05, 0.1) is 22.3 Å². The molecule has 0 amide bonds. The fourth-order valence-corrected chi connectivity index (χ4v) is 7.30.